The van der Waals surface area contributed by atoms with Gasteiger partial charge in [0.25, 0.3) is 11.1 Å². The second-order valence-corrected chi connectivity index (χ2v) is 7.98. The highest BCUT2D eigenvalue weighted by molar-refractivity contribution is 5.73. The monoisotopic (exact) mass is 475 g/mol. The van der Waals surface area contributed by atoms with Crippen LogP contribution in [0.1, 0.15) is 43.3 Å². The lowest BCUT2D eigenvalue weighted by atomic mass is 9.90. The highest BCUT2D eigenvalue weighted by atomic mass is 19.4. The van der Waals surface area contributed by atoms with Crippen LogP contribution in [0.25, 0.3) is 12.2 Å². The van der Waals surface area contributed by atoms with Crippen LogP contribution in [0.2, 0.25) is 0 Å². The Morgan fingerprint density at radius 3 is 2.15 bits per heavy atom. The van der Waals surface area contributed by atoms with Gasteiger partial charge in [-0.3, -0.25) is 9.59 Å². The standard InChI is InChI=1S/C20H19N5O2.C2HF3O2/c1-20(2,3)17-14(22-11-23-17)9-16-19(27)24-15(18(26)25-16)8-12-5-4-6-13(7-12)10-21;3-2(4,5)1(6)7/h4-9,11H,1-3H3,(H,22,23)(H,24,27)(H,25,26);(H,6,7)/b15-8-,16-9-;. The fourth-order valence-corrected chi connectivity index (χ4v) is 2.71. The van der Waals surface area contributed by atoms with E-state index in [1.165, 1.54) is 6.08 Å². The normalized spacial score (nSPS) is 12.6. The first-order valence-corrected chi connectivity index (χ1v) is 9.62. The topological polar surface area (TPSA) is 155 Å². The molecule has 12 heteroatoms. The minimum absolute atomic E-state index is 0.116. The van der Waals surface area contributed by atoms with Gasteiger partial charge in [0.1, 0.15) is 10.7 Å². The van der Waals surface area contributed by atoms with Gasteiger partial charge < -0.3 is 20.1 Å². The van der Waals surface area contributed by atoms with Gasteiger partial charge in [0.15, 0.2) is 0 Å². The van der Waals surface area contributed by atoms with Gasteiger partial charge in [-0.25, -0.2) is 9.78 Å². The Morgan fingerprint density at radius 2 is 1.65 bits per heavy atom. The first kappa shape index (κ1) is 25.9. The zero-order valence-corrected chi connectivity index (χ0v) is 18.2. The Balaban J connectivity index is 0.000000509. The third-order valence-electron chi connectivity index (χ3n) is 4.25. The van der Waals surface area contributed by atoms with E-state index in [1.54, 1.807) is 36.7 Å². The fraction of sp³-hybridized carbons (Fsp3) is 0.227. The van der Waals surface area contributed by atoms with Crippen molar-refractivity contribution >= 4 is 18.1 Å². The second kappa shape index (κ2) is 10.0. The molecule has 4 N–H and O–H groups in total. The highest BCUT2D eigenvalue weighted by Gasteiger charge is 2.38. The van der Waals surface area contributed by atoms with Crippen LogP contribution in [0.15, 0.2) is 40.2 Å². The number of aliphatic carboxylic acids is 1. The number of alkyl halides is 3. The summed E-state index contributed by atoms with van der Waals surface area (Å²) in [4.78, 5) is 46.2. The molecule has 3 rings (SSSR count). The molecule has 0 aliphatic heterocycles. The van der Waals surface area contributed by atoms with E-state index < -0.39 is 23.3 Å². The van der Waals surface area contributed by atoms with E-state index in [0.29, 0.717) is 16.8 Å². The lowest BCUT2D eigenvalue weighted by Crippen LogP contribution is -2.46. The predicted molar refractivity (Wildman–Crippen MR) is 116 cm³/mol. The molecule has 2 aromatic heterocycles. The van der Waals surface area contributed by atoms with Gasteiger partial charge >= 0.3 is 12.1 Å². The molecule has 0 saturated carbocycles. The summed E-state index contributed by atoms with van der Waals surface area (Å²) in [7, 11) is 0. The molecule has 3 aromatic rings. The summed E-state index contributed by atoms with van der Waals surface area (Å²) in [6.45, 7) is 6.08. The molecule has 0 aliphatic rings. The van der Waals surface area contributed by atoms with E-state index >= 15 is 0 Å². The maximum absolute atomic E-state index is 12.4. The summed E-state index contributed by atoms with van der Waals surface area (Å²) in [5, 5.41) is 16.3. The summed E-state index contributed by atoms with van der Waals surface area (Å²) in [5.41, 5.74) is 1.54. The molecule has 0 bridgehead atoms. The quantitative estimate of drug-likeness (QED) is 0.437. The molecule has 0 aliphatic carbocycles. The van der Waals surface area contributed by atoms with Gasteiger partial charge in [-0.15, -0.1) is 0 Å². The third kappa shape index (κ3) is 6.80. The van der Waals surface area contributed by atoms with E-state index in [0.717, 1.165) is 5.69 Å². The summed E-state index contributed by atoms with van der Waals surface area (Å²) < 4.78 is 31.7. The van der Waals surface area contributed by atoms with Crippen molar-refractivity contribution in [1.82, 2.24) is 19.9 Å². The van der Waals surface area contributed by atoms with Crippen LogP contribution in [0.3, 0.4) is 0 Å². The Bertz CT molecular complexity index is 1470. The maximum Gasteiger partial charge on any atom is 0.490 e. The van der Waals surface area contributed by atoms with E-state index in [9.17, 15) is 22.8 Å². The number of imidazole rings is 1. The van der Waals surface area contributed by atoms with Crippen LogP contribution in [-0.2, 0) is 10.2 Å². The number of rotatable bonds is 2. The van der Waals surface area contributed by atoms with Gasteiger partial charge in [0.2, 0.25) is 0 Å². The van der Waals surface area contributed by atoms with Gasteiger partial charge in [-0.2, -0.15) is 18.4 Å². The summed E-state index contributed by atoms with van der Waals surface area (Å²) in [6, 6.07) is 8.80. The van der Waals surface area contributed by atoms with Gasteiger partial charge in [0, 0.05) is 11.1 Å². The zero-order chi connectivity index (χ0) is 25.7. The van der Waals surface area contributed by atoms with E-state index in [-0.39, 0.29) is 16.1 Å². The minimum Gasteiger partial charge on any atom is -0.475 e. The molecule has 9 nitrogen and oxygen atoms in total. The smallest absolute Gasteiger partial charge is 0.475 e. The van der Waals surface area contributed by atoms with Crippen molar-refractivity contribution in [2.24, 2.45) is 0 Å². The molecule has 178 valence electrons. The lowest BCUT2D eigenvalue weighted by molar-refractivity contribution is -0.192. The highest BCUT2D eigenvalue weighted by Crippen LogP contribution is 2.22. The molecular formula is C22H20F3N5O4. The first-order valence-electron chi connectivity index (χ1n) is 9.62. The van der Waals surface area contributed by atoms with Gasteiger partial charge in [0.05, 0.1) is 23.7 Å². The third-order valence-corrected chi connectivity index (χ3v) is 4.25. The molecule has 34 heavy (non-hydrogen) atoms. The van der Waals surface area contributed by atoms with Crippen LogP contribution in [0.4, 0.5) is 13.2 Å². The van der Waals surface area contributed by atoms with Crippen LogP contribution in [-0.4, -0.2) is 37.2 Å². The Hall–Kier alpha value is -4.40. The van der Waals surface area contributed by atoms with E-state index in [4.69, 9.17) is 15.2 Å². The molecule has 0 atom stereocenters. The number of carbonyl (C=O) groups is 1. The summed E-state index contributed by atoms with van der Waals surface area (Å²) in [5.74, 6) is -2.76. The lowest BCUT2D eigenvalue weighted by Gasteiger charge is -2.16. The first-order chi connectivity index (χ1) is 15.7. The molecule has 0 amide bonds. The molecule has 0 saturated heterocycles. The maximum atomic E-state index is 12.4. The van der Waals surface area contributed by atoms with Crippen molar-refractivity contribution in [3.63, 3.8) is 0 Å². The second-order valence-electron chi connectivity index (χ2n) is 7.98. The van der Waals surface area contributed by atoms with Crippen LogP contribution in [0, 0.1) is 11.3 Å². The van der Waals surface area contributed by atoms with Gasteiger partial charge in [-0.1, -0.05) is 32.9 Å². The van der Waals surface area contributed by atoms with Crippen molar-refractivity contribution in [2.75, 3.05) is 0 Å². The molecular weight excluding hydrogens is 455 g/mol. The predicted octanol–water partition coefficient (Wildman–Crippen LogP) is 1.25. The number of carboxylic acids is 1. The number of nitriles is 1. The molecule has 0 fully saturated rings. The van der Waals surface area contributed by atoms with Crippen molar-refractivity contribution in [3.05, 3.63) is 84.5 Å². The van der Waals surface area contributed by atoms with Crippen molar-refractivity contribution < 1.29 is 23.1 Å². The molecule has 2 heterocycles. The number of carboxylic acid groups (broad SMARTS) is 1. The number of hydrogen-bond acceptors (Lipinski definition) is 5. The number of halogens is 3. The average Bonchev–Trinajstić information content (AvgIpc) is 3.20. The average molecular weight is 475 g/mol. The number of nitrogens with zero attached hydrogens (tertiary/aromatic N) is 2. The Labute approximate surface area is 189 Å². The zero-order valence-electron chi connectivity index (χ0n) is 18.2. The number of hydrogen-bond donors (Lipinski definition) is 4. The molecule has 0 spiro atoms. The fourth-order valence-electron chi connectivity index (χ4n) is 2.71. The van der Waals surface area contributed by atoms with E-state index in [1.807, 2.05) is 26.8 Å². The molecule has 0 unspecified atom stereocenters. The van der Waals surface area contributed by atoms with E-state index in [2.05, 4.69) is 19.9 Å². The number of H-pyrrole nitrogens is 3. The van der Waals surface area contributed by atoms with Crippen molar-refractivity contribution in [2.45, 2.75) is 32.4 Å². The Kier molecular flexibility index (Phi) is 7.63. The van der Waals surface area contributed by atoms with Crippen molar-refractivity contribution in [1.29, 1.82) is 5.26 Å². The SMILES string of the molecule is CC(C)(C)c1[nH]cnc1/C=c1\[nH]c(=O)/c(=C/c2cccc(C#N)c2)[nH]c1=O.O=C(O)C(F)(F)F. The summed E-state index contributed by atoms with van der Waals surface area (Å²) in [6.07, 6.45) is -0.444. The largest absolute Gasteiger partial charge is 0.490 e. The number of benzene rings is 1. The van der Waals surface area contributed by atoms with Crippen LogP contribution in [0.5, 0.6) is 0 Å². The summed E-state index contributed by atoms with van der Waals surface area (Å²) >= 11 is 0. The molecule has 1 aromatic carbocycles. The van der Waals surface area contributed by atoms with Crippen LogP contribution < -0.4 is 21.8 Å². The van der Waals surface area contributed by atoms with Gasteiger partial charge in [-0.05, 0) is 29.8 Å². The number of aromatic nitrogens is 4. The van der Waals surface area contributed by atoms with Crippen LogP contribution >= 0.6 is 0 Å². The molecule has 0 radical (unpaired) electrons. The van der Waals surface area contributed by atoms with Crippen molar-refractivity contribution in [3.8, 4) is 6.07 Å². The Morgan fingerprint density at radius 1 is 1.09 bits per heavy atom. The number of aromatic amines is 3. The minimum atomic E-state index is -5.08. The number of nitrogens with one attached hydrogen (secondary N) is 3.